The third-order valence-corrected chi connectivity index (χ3v) is 3.17. The molecule has 0 bridgehead atoms. The zero-order valence-electron chi connectivity index (χ0n) is 9.41. The molecule has 0 amide bonds. The number of rotatable bonds is 4. The first-order valence-electron chi connectivity index (χ1n) is 5.37. The van der Waals surface area contributed by atoms with Gasteiger partial charge in [-0.05, 0) is 52.7 Å². The van der Waals surface area contributed by atoms with E-state index < -0.39 is 0 Å². The second-order valence-corrected chi connectivity index (χ2v) is 4.72. The van der Waals surface area contributed by atoms with Gasteiger partial charge in [0.1, 0.15) is 11.6 Å². The quantitative estimate of drug-likeness (QED) is 0.922. The van der Waals surface area contributed by atoms with Gasteiger partial charge in [-0.15, -0.1) is 0 Å². The van der Waals surface area contributed by atoms with Crippen LogP contribution in [-0.2, 0) is 6.54 Å². The molecule has 0 fully saturated rings. The number of furan rings is 1. The zero-order valence-corrected chi connectivity index (χ0v) is 11.0. The summed E-state index contributed by atoms with van der Waals surface area (Å²) in [7, 11) is 0. The number of hydrogen-bond acceptors (Lipinski definition) is 2. The second-order valence-electron chi connectivity index (χ2n) is 3.87. The van der Waals surface area contributed by atoms with Gasteiger partial charge in [0.05, 0.1) is 16.8 Å². The minimum Gasteiger partial charge on any atom is -0.468 e. The van der Waals surface area contributed by atoms with Crippen LogP contribution in [-0.4, -0.2) is 0 Å². The molecule has 0 unspecified atom stereocenters. The zero-order chi connectivity index (χ0) is 12.3. The smallest absolute Gasteiger partial charge is 0.137 e. The molecule has 0 aliphatic heterocycles. The normalized spacial score (nSPS) is 12.6. The van der Waals surface area contributed by atoms with E-state index in [4.69, 9.17) is 4.42 Å². The lowest BCUT2D eigenvalue weighted by atomic mass is 10.2. The summed E-state index contributed by atoms with van der Waals surface area (Å²) in [5.74, 6) is 0.652. The number of halogens is 2. The highest BCUT2D eigenvalue weighted by atomic mass is 79.9. The molecule has 1 aromatic carbocycles. The Balaban J connectivity index is 1.96. The molecule has 1 heterocycles. The minimum absolute atomic E-state index is 0.133. The summed E-state index contributed by atoms with van der Waals surface area (Å²) in [6.45, 7) is 2.69. The van der Waals surface area contributed by atoms with Crippen molar-refractivity contribution in [3.8, 4) is 0 Å². The first-order chi connectivity index (χ1) is 8.16. The Morgan fingerprint density at radius 3 is 2.88 bits per heavy atom. The van der Waals surface area contributed by atoms with Gasteiger partial charge in [-0.2, -0.15) is 0 Å². The average molecular weight is 298 g/mol. The van der Waals surface area contributed by atoms with Crippen LogP contribution in [0, 0.1) is 5.82 Å². The van der Waals surface area contributed by atoms with Crippen LogP contribution in [0.5, 0.6) is 0 Å². The highest BCUT2D eigenvalue weighted by molar-refractivity contribution is 9.10. The van der Waals surface area contributed by atoms with Gasteiger partial charge in [-0.3, -0.25) is 0 Å². The molecule has 2 aromatic rings. The van der Waals surface area contributed by atoms with Crippen LogP contribution in [0.3, 0.4) is 0 Å². The third kappa shape index (κ3) is 3.17. The topological polar surface area (TPSA) is 25.2 Å². The second kappa shape index (κ2) is 5.47. The maximum atomic E-state index is 13.0. The first-order valence-corrected chi connectivity index (χ1v) is 6.17. The molecule has 17 heavy (non-hydrogen) atoms. The van der Waals surface area contributed by atoms with Crippen molar-refractivity contribution in [2.75, 3.05) is 0 Å². The Kier molecular flexibility index (Phi) is 3.97. The molecule has 2 nitrogen and oxygen atoms in total. The van der Waals surface area contributed by atoms with Crippen molar-refractivity contribution in [3.63, 3.8) is 0 Å². The molecule has 0 aliphatic rings. The minimum atomic E-state index is -0.243. The standard InChI is InChI=1S/C13H13BrFNO/c1-9(13-3-2-6-17-13)16-8-10-4-5-12(15)11(14)7-10/h2-7,9,16H,8H2,1H3/t9-/m0/s1. The van der Waals surface area contributed by atoms with E-state index in [-0.39, 0.29) is 11.9 Å². The van der Waals surface area contributed by atoms with Crippen molar-refractivity contribution in [1.82, 2.24) is 5.32 Å². The Morgan fingerprint density at radius 2 is 2.24 bits per heavy atom. The van der Waals surface area contributed by atoms with E-state index in [1.165, 1.54) is 6.07 Å². The van der Waals surface area contributed by atoms with Crippen molar-refractivity contribution in [1.29, 1.82) is 0 Å². The fraction of sp³-hybridized carbons (Fsp3) is 0.231. The molecule has 0 aliphatic carbocycles. The van der Waals surface area contributed by atoms with Crippen molar-refractivity contribution in [2.24, 2.45) is 0 Å². The van der Waals surface area contributed by atoms with Gasteiger partial charge in [0, 0.05) is 6.54 Å². The number of nitrogens with one attached hydrogen (secondary N) is 1. The number of hydrogen-bond donors (Lipinski definition) is 1. The van der Waals surface area contributed by atoms with Crippen molar-refractivity contribution in [2.45, 2.75) is 19.5 Å². The summed E-state index contributed by atoms with van der Waals surface area (Å²) in [5.41, 5.74) is 1.02. The van der Waals surface area contributed by atoms with Gasteiger partial charge in [0.25, 0.3) is 0 Å². The predicted octanol–water partition coefficient (Wildman–Crippen LogP) is 4.03. The van der Waals surface area contributed by atoms with E-state index in [2.05, 4.69) is 21.2 Å². The maximum absolute atomic E-state index is 13.0. The summed E-state index contributed by atoms with van der Waals surface area (Å²) in [6, 6.07) is 8.92. The number of benzene rings is 1. The summed E-state index contributed by atoms with van der Waals surface area (Å²) in [4.78, 5) is 0. The van der Waals surface area contributed by atoms with E-state index >= 15 is 0 Å². The van der Waals surface area contributed by atoms with Crippen LogP contribution >= 0.6 is 15.9 Å². The third-order valence-electron chi connectivity index (χ3n) is 2.57. The maximum Gasteiger partial charge on any atom is 0.137 e. The summed E-state index contributed by atoms with van der Waals surface area (Å²) >= 11 is 3.17. The molecule has 0 saturated heterocycles. The first kappa shape index (κ1) is 12.3. The Morgan fingerprint density at radius 1 is 1.41 bits per heavy atom. The Bertz CT molecular complexity index is 484. The van der Waals surface area contributed by atoms with Crippen LogP contribution in [0.2, 0.25) is 0 Å². The van der Waals surface area contributed by atoms with Crippen molar-refractivity contribution >= 4 is 15.9 Å². The van der Waals surface area contributed by atoms with Gasteiger partial charge in [0.15, 0.2) is 0 Å². The summed E-state index contributed by atoms with van der Waals surface area (Å²) < 4.78 is 18.8. The van der Waals surface area contributed by atoms with Gasteiger partial charge >= 0.3 is 0 Å². The van der Waals surface area contributed by atoms with E-state index in [1.54, 1.807) is 18.4 Å². The van der Waals surface area contributed by atoms with E-state index in [0.717, 1.165) is 11.3 Å². The Labute approximate surface area is 108 Å². The molecule has 4 heteroatoms. The lowest BCUT2D eigenvalue weighted by molar-refractivity contribution is 0.430. The van der Waals surface area contributed by atoms with Crippen molar-refractivity contribution in [3.05, 3.63) is 58.2 Å². The summed E-state index contributed by atoms with van der Waals surface area (Å²) in [5, 5.41) is 3.31. The lowest BCUT2D eigenvalue weighted by Crippen LogP contribution is -2.17. The molecule has 2 rings (SSSR count). The highest BCUT2D eigenvalue weighted by Gasteiger charge is 2.07. The van der Waals surface area contributed by atoms with Crippen LogP contribution < -0.4 is 5.32 Å². The van der Waals surface area contributed by atoms with E-state index in [9.17, 15) is 4.39 Å². The van der Waals surface area contributed by atoms with Gasteiger partial charge < -0.3 is 9.73 Å². The van der Waals surface area contributed by atoms with Gasteiger partial charge in [0.2, 0.25) is 0 Å². The molecule has 90 valence electrons. The molecule has 0 spiro atoms. The van der Waals surface area contributed by atoms with E-state index in [1.807, 2.05) is 19.1 Å². The monoisotopic (exact) mass is 297 g/mol. The van der Waals surface area contributed by atoms with E-state index in [0.29, 0.717) is 11.0 Å². The van der Waals surface area contributed by atoms with Crippen LogP contribution in [0.1, 0.15) is 24.3 Å². The molecular weight excluding hydrogens is 285 g/mol. The Hall–Kier alpha value is -1.13. The molecule has 1 N–H and O–H groups in total. The van der Waals surface area contributed by atoms with Crippen LogP contribution in [0.15, 0.2) is 45.5 Å². The molecule has 0 saturated carbocycles. The predicted molar refractivity (Wildman–Crippen MR) is 68.1 cm³/mol. The molecular formula is C13H13BrFNO. The molecule has 1 aromatic heterocycles. The fourth-order valence-electron chi connectivity index (χ4n) is 1.56. The highest BCUT2D eigenvalue weighted by Crippen LogP contribution is 2.18. The largest absolute Gasteiger partial charge is 0.468 e. The molecule has 0 radical (unpaired) electrons. The summed E-state index contributed by atoms with van der Waals surface area (Å²) in [6.07, 6.45) is 1.65. The van der Waals surface area contributed by atoms with Gasteiger partial charge in [-0.1, -0.05) is 6.07 Å². The lowest BCUT2D eigenvalue weighted by Gasteiger charge is -2.11. The van der Waals surface area contributed by atoms with Crippen LogP contribution in [0.25, 0.3) is 0 Å². The fourth-order valence-corrected chi connectivity index (χ4v) is 1.98. The average Bonchev–Trinajstić information content (AvgIpc) is 2.84. The van der Waals surface area contributed by atoms with Crippen LogP contribution in [0.4, 0.5) is 4.39 Å². The SMILES string of the molecule is C[C@H](NCc1ccc(F)c(Br)c1)c1ccco1. The molecule has 1 atom stereocenters. The van der Waals surface area contributed by atoms with Crippen molar-refractivity contribution < 1.29 is 8.81 Å². The van der Waals surface area contributed by atoms with Gasteiger partial charge in [-0.25, -0.2) is 4.39 Å².